The summed E-state index contributed by atoms with van der Waals surface area (Å²) in [5.41, 5.74) is 2.23. The summed E-state index contributed by atoms with van der Waals surface area (Å²) in [4.78, 5) is 42.3. The Morgan fingerprint density at radius 1 is 1.11 bits per heavy atom. The number of hydrogen-bond acceptors (Lipinski definition) is 7. The maximum atomic E-state index is 12.7. The molecule has 1 N–H and O–H groups in total. The van der Waals surface area contributed by atoms with Crippen LogP contribution in [0, 0.1) is 10.1 Å². The molecule has 2 aromatic carbocycles. The van der Waals surface area contributed by atoms with Crippen LogP contribution in [-0.4, -0.2) is 49.5 Å². The van der Waals surface area contributed by atoms with Gasteiger partial charge in [0.1, 0.15) is 0 Å². The number of carbonyl (C=O) groups is 1. The molecule has 0 fully saturated rings. The van der Waals surface area contributed by atoms with Gasteiger partial charge in [-0.25, -0.2) is 9.78 Å². The number of carbonyl (C=O) groups excluding carboxylic acids is 1. The largest absolute Gasteiger partial charge is 0.419 e. The first-order valence-corrected chi connectivity index (χ1v) is 11.7. The van der Waals surface area contributed by atoms with Crippen molar-refractivity contribution in [2.24, 2.45) is 0 Å². The summed E-state index contributed by atoms with van der Waals surface area (Å²) in [6.07, 6.45) is 0.558. The molecule has 4 aromatic rings. The van der Waals surface area contributed by atoms with E-state index in [0.717, 1.165) is 30.7 Å². The van der Waals surface area contributed by atoms with E-state index in [2.05, 4.69) is 29.0 Å². The number of likely N-dealkylation sites (N-methyl/N-ethyl adjacent to an activating group) is 1. The quantitative estimate of drug-likeness (QED) is 0.256. The molecular formula is C24H28N6O5. The number of non-ortho nitro benzene ring substituents is 1. The van der Waals surface area contributed by atoms with Gasteiger partial charge < -0.3 is 13.9 Å². The maximum Gasteiger partial charge on any atom is 0.419 e. The lowest BCUT2D eigenvalue weighted by Gasteiger charge is -2.19. The number of fused-ring (bicyclic) bond motifs is 2. The van der Waals surface area contributed by atoms with Crippen LogP contribution >= 0.6 is 0 Å². The number of nitro benzene ring substituents is 1. The van der Waals surface area contributed by atoms with E-state index in [4.69, 9.17) is 4.42 Å². The summed E-state index contributed by atoms with van der Waals surface area (Å²) in [6, 6.07) is 11.8. The minimum Gasteiger partial charge on any atom is -0.407 e. The number of hydrogen-bond donors (Lipinski definition) is 1. The zero-order chi connectivity index (χ0) is 24.9. The molecule has 0 bridgehead atoms. The topological polar surface area (TPSA) is 128 Å². The minimum absolute atomic E-state index is 0.149. The smallest absolute Gasteiger partial charge is 0.407 e. The van der Waals surface area contributed by atoms with Crippen LogP contribution in [0.5, 0.6) is 0 Å². The maximum absolute atomic E-state index is 12.7. The summed E-state index contributed by atoms with van der Waals surface area (Å²) in [7, 11) is 0. The average molecular weight is 481 g/mol. The van der Waals surface area contributed by atoms with Gasteiger partial charge in [0, 0.05) is 32.1 Å². The zero-order valence-corrected chi connectivity index (χ0v) is 19.8. The first-order valence-electron chi connectivity index (χ1n) is 11.7. The second-order valence-corrected chi connectivity index (χ2v) is 8.18. The Bertz CT molecular complexity index is 1420. The number of nitro groups is 1. The van der Waals surface area contributed by atoms with Crippen molar-refractivity contribution >= 4 is 39.7 Å². The van der Waals surface area contributed by atoms with Crippen molar-refractivity contribution in [1.82, 2.24) is 19.0 Å². The van der Waals surface area contributed by atoms with Gasteiger partial charge >= 0.3 is 5.76 Å². The second-order valence-electron chi connectivity index (χ2n) is 8.18. The summed E-state index contributed by atoms with van der Waals surface area (Å²) in [6.45, 7) is 7.91. The van der Waals surface area contributed by atoms with Crippen molar-refractivity contribution in [3.05, 3.63) is 63.1 Å². The Labute approximate surface area is 201 Å². The fraction of sp³-hybridized carbons (Fsp3) is 0.375. The second kappa shape index (κ2) is 10.5. The number of oxazole rings is 1. The van der Waals surface area contributed by atoms with Crippen molar-refractivity contribution in [2.75, 3.05) is 25.0 Å². The number of rotatable bonds is 11. The lowest BCUT2D eigenvalue weighted by Crippen LogP contribution is -2.27. The van der Waals surface area contributed by atoms with E-state index in [-0.39, 0.29) is 30.1 Å². The Hall–Kier alpha value is -3.99. The molecule has 0 spiro atoms. The average Bonchev–Trinajstić information content (AvgIpc) is 3.35. The Balaban J connectivity index is 1.43. The number of aryl methyl sites for hydroxylation is 1. The molecule has 2 heterocycles. The molecule has 0 atom stereocenters. The molecule has 0 unspecified atom stereocenters. The van der Waals surface area contributed by atoms with E-state index >= 15 is 0 Å². The van der Waals surface area contributed by atoms with E-state index in [1.54, 1.807) is 0 Å². The van der Waals surface area contributed by atoms with Crippen LogP contribution < -0.4 is 11.1 Å². The van der Waals surface area contributed by atoms with Crippen LogP contribution in [0.4, 0.5) is 11.6 Å². The van der Waals surface area contributed by atoms with Gasteiger partial charge in [-0.3, -0.25) is 24.8 Å². The molecule has 11 nitrogen and oxygen atoms in total. The predicted molar refractivity (Wildman–Crippen MR) is 133 cm³/mol. The van der Waals surface area contributed by atoms with Crippen molar-refractivity contribution in [1.29, 1.82) is 0 Å². The van der Waals surface area contributed by atoms with Gasteiger partial charge in [0.05, 0.1) is 27.5 Å². The molecule has 35 heavy (non-hydrogen) atoms. The number of para-hydroxylation sites is 2. The lowest BCUT2D eigenvalue weighted by molar-refractivity contribution is -0.384. The number of benzene rings is 2. The molecule has 184 valence electrons. The summed E-state index contributed by atoms with van der Waals surface area (Å²) in [5, 5.41) is 13.9. The summed E-state index contributed by atoms with van der Waals surface area (Å²) in [5.74, 6) is -0.318. The highest BCUT2D eigenvalue weighted by atomic mass is 16.6. The van der Waals surface area contributed by atoms with Gasteiger partial charge in [-0.05, 0) is 37.7 Å². The molecule has 1 amide bonds. The van der Waals surface area contributed by atoms with Gasteiger partial charge in [0.2, 0.25) is 11.9 Å². The third-order valence-electron chi connectivity index (χ3n) is 6.09. The molecule has 0 aliphatic heterocycles. The number of anilines is 1. The van der Waals surface area contributed by atoms with Gasteiger partial charge in [-0.1, -0.05) is 26.0 Å². The Kier molecular flexibility index (Phi) is 7.25. The van der Waals surface area contributed by atoms with Crippen molar-refractivity contribution < 1.29 is 14.1 Å². The third kappa shape index (κ3) is 5.24. The van der Waals surface area contributed by atoms with E-state index in [1.165, 1.54) is 22.8 Å². The van der Waals surface area contributed by atoms with Crippen molar-refractivity contribution in [3.8, 4) is 0 Å². The molecular weight excluding hydrogens is 452 g/mol. The van der Waals surface area contributed by atoms with E-state index < -0.39 is 10.7 Å². The number of nitrogens with zero attached hydrogens (tertiary/aromatic N) is 5. The third-order valence-corrected chi connectivity index (χ3v) is 6.09. The number of amides is 1. The van der Waals surface area contributed by atoms with Gasteiger partial charge in [0.15, 0.2) is 5.58 Å². The van der Waals surface area contributed by atoms with Crippen LogP contribution in [0.2, 0.25) is 0 Å². The predicted octanol–water partition coefficient (Wildman–Crippen LogP) is 3.61. The van der Waals surface area contributed by atoms with Crippen molar-refractivity contribution in [2.45, 2.75) is 39.8 Å². The fourth-order valence-electron chi connectivity index (χ4n) is 4.14. The van der Waals surface area contributed by atoms with Gasteiger partial charge in [0.25, 0.3) is 5.69 Å². The number of nitrogens with one attached hydrogen (secondary N) is 1. The first kappa shape index (κ1) is 24.1. The highest BCUT2D eigenvalue weighted by Gasteiger charge is 2.16. The van der Waals surface area contributed by atoms with Crippen molar-refractivity contribution in [3.63, 3.8) is 0 Å². The van der Waals surface area contributed by atoms with Crippen LogP contribution in [0.25, 0.3) is 22.1 Å². The normalized spacial score (nSPS) is 11.5. The molecule has 4 rings (SSSR count). The fourth-order valence-corrected chi connectivity index (χ4v) is 4.14. The summed E-state index contributed by atoms with van der Waals surface area (Å²) >= 11 is 0. The van der Waals surface area contributed by atoms with Crippen LogP contribution in [0.3, 0.4) is 0 Å². The minimum atomic E-state index is -0.612. The first-order chi connectivity index (χ1) is 16.9. The van der Waals surface area contributed by atoms with Gasteiger partial charge in [-0.2, -0.15) is 0 Å². The van der Waals surface area contributed by atoms with Crippen LogP contribution in [0.15, 0.2) is 51.7 Å². The Morgan fingerprint density at radius 3 is 2.63 bits per heavy atom. The SMILES string of the molecule is CCN(CC)CCn1c(NC(=O)CCCn2c(=O)oc3cc([N+](=O)[O-])ccc32)nc2ccccc21. The zero-order valence-electron chi connectivity index (χ0n) is 19.8. The van der Waals surface area contributed by atoms with Crippen LogP contribution in [0.1, 0.15) is 26.7 Å². The lowest BCUT2D eigenvalue weighted by atomic mass is 10.2. The van der Waals surface area contributed by atoms with E-state index in [1.807, 2.05) is 28.8 Å². The highest BCUT2D eigenvalue weighted by molar-refractivity contribution is 5.91. The molecule has 0 saturated heterocycles. The molecule has 0 aliphatic carbocycles. The molecule has 0 saturated carbocycles. The summed E-state index contributed by atoms with van der Waals surface area (Å²) < 4.78 is 8.54. The number of imidazole rings is 1. The molecule has 0 radical (unpaired) electrons. The standard InChI is InChI=1S/C24H28N6O5/c1-3-27(4-2)14-15-28-19-9-6-5-8-18(19)25-23(28)26-22(31)10-7-13-29-20-12-11-17(30(33)34)16-21(20)35-24(29)32/h5-6,8-9,11-12,16H,3-4,7,10,13-15H2,1-2H3,(H,25,26,31). The molecule has 0 aliphatic rings. The Morgan fingerprint density at radius 2 is 1.89 bits per heavy atom. The van der Waals surface area contributed by atoms with E-state index in [0.29, 0.717) is 24.4 Å². The molecule has 11 heteroatoms. The number of aromatic nitrogens is 3. The van der Waals surface area contributed by atoms with E-state index in [9.17, 15) is 19.7 Å². The molecule has 2 aromatic heterocycles. The monoisotopic (exact) mass is 480 g/mol. The highest BCUT2D eigenvalue weighted by Crippen LogP contribution is 2.21. The van der Waals surface area contributed by atoms with Gasteiger partial charge in [-0.15, -0.1) is 0 Å². The van der Waals surface area contributed by atoms with Crippen LogP contribution in [-0.2, 0) is 17.9 Å².